The molecule has 1 aromatic heterocycles. The molecule has 0 aliphatic carbocycles. The summed E-state index contributed by atoms with van der Waals surface area (Å²) in [7, 11) is 1.86. The molecule has 0 aliphatic rings. The zero-order valence-electron chi connectivity index (χ0n) is 11.3. The highest BCUT2D eigenvalue weighted by Crippen LogP contribution is 2.22. The molecule has 0 fully saturated rings. The second-order valence-electron chi connectivity index (χ2n) is 4.72. The number of halogens is 2. The van der Waals surface area contributed by atoms with E-state index in [4.69, 9.17) is 0 Å². The first-order valence-corrected chi connectivity index (χ1v) is 7.95. The number of hydrogen-bond acceptors (Lipinski definition) is 1. The van der Waals surface area contributed by atoms with Crippen molar-refractivity contribution in [2.24, 2.45) is 7.05 Å². The van der Waals surface area contributed by atoms with Crippen LogP contribution in [0.1, 0.15) is 0 Å². The minimum Gasteiger partial charge on any atom is -0.288 e. The summed E-state index contributed by atoms with van der Waals surface area (Å²) in [6.07, 6.45) is 1.85. The van der Waals surface area contributed by atoms with Crippen molar-refractivity contribution in [1.82, 2.24) is 9.36 Å². The van der Waals surface area contributed by atoms with E-state index in [1.165, 1.54) is 0 Å². The molecular formula is C16H12Br2N2O. The average Bonchev–Trinajstić information content (AvgIpc) is 2.74. The van der Waals surface area contributed by atoms with E-state index in [0.29, 0.717) is 5.56 Å². The van der Waals surface area contributed by atoms with Crippen LogP contribution in [0.2, 0.25) is 0 Å². The molecule has 0 amide bonds. The molecule has 5 heteroatoms. The minimum atomic E-state index is -0.0336. The second-order valence-corrected chi connectivity index (χ2v) is 6.55. The Bertz CT molecular complexity index is 865. The maximum absolute atomic E-state index is 12.7. The number of aromatic nitrogens is 2. The molecule has 106 valence electrons. The Morgan fingerprint density at radius 2 is 1.62 bits per heavy atom. The molecule has 0 radical (unpaired) electrons. The summed E-state index contributed by atoms with van der Waals surface area (Å²) in [5, 5.41) is 0. The average molecular weight is 408 g/mol. The first-order chi connectivity index (χ1) is 10.1. The van der Waals surface area contributed by atoms with Crippen LogP contribution in [-0.2, 0) is 7.05 Å². The van der Waals surface area contributed by atoms with Gasteiger partial charge in [-0.15, -0.1) is 0 Å². The molecule has 0 unspecified atom stereocenters. The van der Waals surface area contributed by atoms with Crippen LogP contribution < -0.4 is 5.56 Å². The zero-order chi connectivity index (χ0) is 15.0. The van der Waals surface area contributed by atoms with Gasteiger partial charge in [0.1, 0.15) is 0 Å². The first kappa shape index (κ1) is 14.4. The van der Waals surface area contributed by atoms with E-state index >= 15 is 0 Å². The van der Waals surface area contributed by atoms with Gasteiger partial charge in [0.05, 0.1) is 11.3 Å². The Morgan fingerprint density at radius 1 is 0.952 bits per heavy atom. The predicted octanol–water partition coefficient (Wildman–Crippen LogP) is 4.37. The van der Waals surface area contributed by atoms with E-state index in [1.54, 1.807) is 9.36 Å². The van der Waals surface area contributed by atoms with Crippen molar-refractivity contribution in [2.75, 3.05) is 0 Å². The predicted molar refractivity (Wildman–Crippen MR) is 91.8 cm³/mol. The lowest BCUT2D eigenvalue weighted by Crippen LogP contribution is -2.19. The van der Waals surface area contributed by atoms with Crippen LogP contribution in [0.4, 0.5) is 0 Å². The van der Waals surface area contributed by atoms with E-state index in [9.17, 15) is 4.79 Å². The van der Waals surface area contributed by atoms with Crippen molar-refractivity contribution in [3.05, 3.63) is 74.0 Å². The molecule has 3 aromatic rings. The third-order valence-corrected chi connectivity index (χ3v) is 4.23. The molecule has 0 saturated carbocycles. The Balaban J connectivity index is 2.20. The number of aryl methyl sites for hydroxylation is 1. The van der Waals surface area contributed by atoms with Crippen molar-refractivity contribution in [3.8, 4) is 16.8 Å². The highest BCUT2D eigenvalue weighted by Gasteiger charge is 2.13. The van der Waals surface area contributed by atoms with Crippen LogP contribution >= 0.6 is 31.9 Å². The fourth-order valence-electron chi connectivity index (χ4n) is 2.32. The quantitative estimate of drug-likeness (QED) is 0.619. The molecule has 1 heterocycles. The van der Waals surface area contributed by atoms with E-state index < -0.39 is 0 Å². The van der Waals surface area contributed by atoms with Gasteiger partial charge in [-0.1, -0.05) is 50.1 Å². The van der Waals surface area contributed by atoms with Crippen LogP contribution in [0.3, 0.4) is 0 Å². The number of nitrogens with zero attached hydrogens (tertiary/aromatic N) is 2. The molecule has 0 atom stereocenters. The van der Waals surface area contributed by atoms with E-state index in [0.717, 1.165) is 20.2 Å². The van der Waals surface area contributed by atoms with Gasteiger partial charge in [-0.25, -0.2) is 4.68 Å². The molecule has 0 N–H and O–H groups in total. The first-order valence-electron chi connectivity index (χ1n) is 6.37. The fraction of sp³-hybridized carbons (Fsp3) is 0.0625. The highest BCUT2D eigenvalue weighted by atomic mass is 79.9. The summed E-state index contributed by atoms with van der Waals surface area (Å²) in [4.78, 5) is 12.7. The van der Waals surface area contributed by atoms with Crippen molar-refractivity contribution < 1.29 is 0 Å². The Labute approximate surface area is 139 Å². The molecule has 21 heavy (non-hydrogen) atoms. The summed E-state index contributed by atoms with van der Waals surface area (Å²) in [5.41, 5.74) is 2.38. The van der Waals surface area contributed by atoms with Gasteiger partial charge in [0.15, 0.2) is 0 Å². The lowest BCUT2D eigenvalue weighted by molar-refractivity contribution is 0.646. The zero-order valence-corrected chi connectivity index (χ0v) is 14.4. The van der Waals surface area contributed by atoms with E-state index in [-0.39, 0.29) is 5.56 Å². The molecule has 0 bridgehead atoms. The largest absolute Gasteiger partial charge is 0.288 e. The summed E-state index contributed by atoms with van der Waals surface area (Å²) >= 11 is 6.88. The fourth-order valence-corrected chi connectivity index (χ4v) is 3.10. The van der Waals surface area contributed by atoms with Crippen molar-refractivity contribution in [3.63, 3.8) is 0 Å². The molecule has 2 aromatic carbocycles. The monoisotopic (exact) mass is 406 g/mol. The van der Waals surface area contributed by atoms with E-state index in [2.05, 4.69) is 31.9 Å². The molecule has 0 aliphatic heterocycles. The van der Waals surface area contributed by atoms with Gasteiger partial charge < -0.3 is 0 Å². The number of benzene rings is 2. The standard InChI is InChI=1S/C16H12Br2N2O/c1-19-10-15(11-4-2-5-12(17)8-11)16(21)20(19)14-7-3-6-13(18)9-14/h2-10H,1H3. The van der Waals surface area contributed by atoms with Crippen LogP contribution in [-0.4, -0.2) is 9.36 Å². The Morgan fingerprint density at radius 3 is 2.29 bits per heavy atom. The molecule has 0 spiro atoms. The summed E-state index contributed by atoms with van der Waals surface area (Å²) in [5.74, 6) is 0. The maximum atomic E-state index is 12.7. The van der Waals surface area contributed by atoms with Gasteiger partial charge in [-0.05, 0) is 35.9 Å². The molecular weight excluding hydrogens is 396 g/mol. The van der Waals surface area contributed by atoms with Crippen molar-refractivity contribution in [2.45, 2.75) is 0 Å². The lowest BCUT2D eigenvalue weighted by Gasteiger charge is -2.06. The van der Waals surface area contributed by atoms with Gasteiger partial charge >= 0.3 is 0 Å². The van der Waals surface area contributed by atoms with Crippen molar-refractivity contribution in [1.29, 1.82) is 0 Å². The Hall–Kier alpha value is -1.59. The van der Waals surface area contributed by atoms with Crippen LogP contribution in [0.15, 0.2) is 68.5 Å². The topological polar surface area (TPSA) is 26.9 Å². The summed E-state index contributed by atoms with van der Waals surface area (Å²) < 4.78 is 5.36. The molecule has 3 nitrogen and oxygen atoms in total. The van der Waals surface area contributed by atoms with Gasteiger partial charge in [-0.3, -0.25) is 9.48 Å². The lowest BCUT2D eigenvalue weighted by atomic mass is 10.1. The second kappa shape index (κ2) is 5.66. The number of hydrogen-bond donors (Lipinski definition) is 0. The number of rotatable bonds is 2. The van der Waals surface area contributed by atoms with Crippen molar-refractivity contribution >= 4 is 31.9 Å². The maximum Gasteiger partial charge on any atom is 0.279 e. The van der Waals surface area contributed by atoms with Crippen LogP contribution in [0.5, 0.6) is 0 Å². The van der Waals surface area contributed by atoms with Crippen LogP contribution in [0, 0.1) is 0 Å². The normalized spacial score (nSPS) is 10.8. The van der Waals surface area contributed by atoms with Gasteiger partial charge in [0.2, 0.25) is 0 Å². The highest BCUT2D eigenvalue weighted by molar-refractivity contribution is 9.10. The smallest absolute Gasteiger partial charge is 0.279 e. The van der Waals surface area contributed by atoms with Gasteiger partial charge in [0.25, 0.3) is 5.56 Å². The molecule has 0 saturated heterocycles. The summed E-state index contributed by atoms with van der Waals surface area (Å²) in [6, 6.07) is 15.4. The van der Waals surface area contributed by atoms with Gasteiger partial charge in [-0.2, -0.15) is 0 Å². The van der Waals surface area contributed by atoms with Gasteiger partial charge in [0, 0.05) is 22.2 Å². The Kier molecular flexibility index (Phi) is 3.87. The van der Waals surface area contributed by atoms with E-state index in [1.807, 2.05) is 61.8 Å². The minimum absolute atomic E-state index is 0.0336. The van der Waals surface area contributed by atoms with Crippen LogP contribution in [0.25, 0.3) is 16.8 Å². The molecule has 3 rings (SSSR count). The SMILES string of the molecule is Cn1cc(-c2cccc(Br)c2)c(=O)n1-c1cccc(Br)c1. The third kappa shape index (κ3) is 2.76. The summed E-state index contributed by atoms with van der Waals surface area (Å²) in [6.45, 7) is 0. The third-order valence-electron chi connectivity index (χ3n) is 3.24.